The topological polar surface area (TPSA) is 64.0 Å². The average Bonchev–Trinajstić information content (AvgIpc) is 2.94. The minimum Gasteiger partial charge on any atom is -0.325 e. The maximum absolute atomic E-state index is 13.0. The Hall–Kier alpha value is -2.38. The van der Waals surface area contributed by atoms with Gasteiger partial charge in [0.1, 0.15) is 4.83 Å². The fourth-order valence-corrected chi connectivity index (χ4v) is 4.84. The van der Waals surface area contributed by atoms with Gasteiger partial charge in [-0.15, -0.1) is 17.9 Å². The summed E-state index contributed by atoms with van der Waals surface area (Å²) in [6.45, 7) is 11.8. The second kappa shape index (κ2) is 8.32. The number of carbonyl (C=O) groups is 1. The number of hydrogen-bond acceptors (Lipinski definition) is 5. The van der Waals surface area contributed by atoms with Crippen LogP contribution in [0.3, 0.4) is 0 Å². The van der Waals surface area contributed by atoms with Crippen LogP contribution in [0.25, 0.3) is 10.2 Å². The summed E-state index contributed by atoms with van der Waals surface area (Å²) in [6.07, 6.45) is 1.67. The van der Waals surface area contributed by atoms with Crippen LogP contribution in [0.5, 0.6) is 0 Å². The van der Waals surface area contributed by atoms with Crippen molar-refractivity contribution >= 4 is 44.9 Å². The predicted octanol–water partition coefficient (Wildman–Crippen LogP) is 4.69. The van der Waals surface area contributed by atoms with Crippen LogP contribution in [0, 0.1) is 20.8 Å². The van der Waals surface area contributed by atoms with Crippen LogP contribution in [0.1, 0.15) is 22.9 Å². The molecule has 0 fully saturated rings. The van der Waals surface area contributed by atoms with E-state index in [2.05, 4.69) is 11.9 Å². The van der Waals surface area contributed by atoms with Crippen molar-refractivity contribution in [3.63, 3.8) is 0 Å². The lowest BCUT2D eigenvalue weighted by Crippen LogP contribution is -2.27. The lowest BCUT2D eigenvalue weighted by molar-refractivity contribution is -0.115. The highest BCUT2D eigenvalue weighted by Gasteiger charge is 2.21. The van der Waals surface area contributed by atoms with Crippen LogP contribution in [0.2, 0.25) is 0 Å². The van der Waals surface area contributed by atoms with Crippen LogP contribution in [0.4, 0.5) is 5.69 Å². The first kappa shape index (κ1) is 20.4. The quantitative estimate of drug-likeness (QED) is 0.362. The van der Waals surface area contributed by atoms with Crippen molar-refractivity contribution in [3.05, 3.63) is 63.3 Å². The van der Waals surface area contributed by atoms with E-state index in [9.17, 15) is 9.59 Å². The van der Waals surface area contributed by atoms with E-state index < -0.39 is 5.25 Å². The van der Waals surface area contributed by atoms with Crippen LogP contribution in [-0.2, 0) is 11.3 Å². The van der Waals surface area contributed by atoms with Crippen LogP contribution in [0.15, 0.2) is 46.9 Å². The summed E-state index contributed by atoms with van der Waals surface area (Å²) in [6, 6.07) is 7.65. The van der Waals surface area contributed by atoms with Gasteiger partial charge >= 0.3 is 0 Å². The van der Waals surface area contributed by atoms with E-state index in [-0.39, 0.29) is 11.5 Å². The first-order valence-corrected chi connectivity index (χ1v) is 10.7. The summed E-state index contributed by atoms with van der Waals surface area (Å²) in [5.41, 5.74) is 2.68. The minimum absolute atomic E-state index is 0.0826. The van der Waals surface area contributed by atoms with Gasteiger partial charge in [-0.25, -0.2) is 4.98 Å². The number of fused-ring (bicyclic) bond motifs is 1. The molecular weight excluding hydrogens is 390 g/mol. The zero-order valence-corrected chi connectivity index (χ0v) is 18.0. The van der Waals surface area contributed by atoms with Crippen LogP contribution >= 0.6 is 23.1 Å². The molecule has 0 aliphatic rings. The lowest BCUT2D eigenvalue weighted by atomic mass is 10.2. The van der Waals surface area contributed by atoms with Crippen molar-refractivity contribution in [1.29, 1.82) is 0 Å². The molecule has 28 heavy (non-hydrogen) atoms. The summed E-state index contributed by atoms with van der Waals surface area (Å²) >= 11 is 2.80. The molecule has 1 N–H and O–H groups in total. The third-order valence-electron chi connectivity index (χ3n) is 4.62. The van der Waals surface area contributed by atoms with Crippen molar-refractivity contribution in [3.8, 4) is 0 Å². The molecule has 2 heterocycles. The van der Waals surface area contributed by atoms with Gasteiger partial charge in [-0.05, 0) is 44.9 Å². The third-order valence-corrected chi connectivity index (χ3v) is 6.81. The summed E-state index contributed by atoms with van der Waals surface area (Å²) in [5, 5.41) is 3.73. The Kier molecular flexibility index (Phi) is 6.05. The number of thioether (sulfide) groups is 1. The number of aromatic nitrogens is 2. The smallest absolute Gasteiger partial charge is 0.263 e. The van der Waals surface area contributed by atoms with Gasteiger partial charge in [-0.1, -0.05) is 36.0 Å². The number of allylic oxidation sites excluding steroid dienone is 1. The normalized spacial score (nSPS) is 12.1. The number of nitrogens with zero attached hydrogens (tertiary/aromatic N) is 2. The SMILES string of the molecule is C=CCn1c(SC(C)C(=O)Nc2ccccc2C)nc2sc(C)c(C)c2c1=O. The highest BCUT2D eigenvalue weighted by molar-refractivity contribution is 8.00. The third kappa shape index (κ3) is 3.91. The number of aryl methyl sites for hydroxylation is 3. The van der Waals surface area contributed by atoms with Gasteiger partial charge in [0.05, 0.1) is 10.6 Å². The molecule has 7 heteroatoms. The van der Waals surface area contributed by atoms with Gasteiger partial charge < -0.3 is 5.32 Å². The van der Waals surface area contributed by atoms with Gasteiger partial charge in [0.15, 0.2) is 5.16 Å². The highest BCUT2D eigenvalue weighted by Crippen LogP contribution is 2.30. The van der Waals surface area contributed by atoms with Crippen molar-refractivity contribution in [2.45, 2.75) is 44.6 Å². The maximum atomic E-state index is 13.0. The molecule has 0 bridgehead atoms. The van der Waals surface area contributed by atoms with Crippen LogP contribution in [-0.4, -0.2) is 20.7 Å². The number of rotatable bonds is 6. The predicted molar refractivity (Wildman–Crippen MR) is 119 cm³/mol. The van der Waals surface area contributed by atoms with E-state index in [4.69, 9.17) is 4.98 Å². The molecule has 0 saturated heterocycles. The van der Waals surface area contributed by atoms with Gasteiger partial charge in [0.25, 0.3) is 5.56 Å². The van der Waals surface area contributed by atoms with Crippen molar-refractivity contribution in [2.75, 3.05) is 5.32 Å². The Morgan fingerprint density at radius 3 is 2.75 bits per heavy atom. The molecule has 0 saturated carbocycles. The molecular formula is C21H23N3O2S2. The molecule has 1 unspecified atom stereocenters. The number of thiophene rings is 1. The van der Waals surface area contributed by atoms with Gasteiger partial charge in [-0.3, -0.25) is 14.2 Å². The number of anilines is 1. The first-order valence-electron chi connectivity index (χ1n) is 8.98. The minimum atomic E-state index is -0.415. The molecule has 3 rings (SSSR count). The Morgan fingerprint density at radius 2 is 2.07 bits per heavy atom. The standard InChI is InChI=1S/C21H23N3O2S2/c1-6-11-24-20(26)17-13(3)14(4)27-19(17)23-21(24)28-15(5)18(25)22-16-10-8-7-9-12(16)2/h6-10,15H,1,11H2,2-5H3,(H,22,25). The first-order chi connectivity index (χ1) is 13.3. The van der Waals surface area contributed by atoms with Crippen molar-refractivity contribution < 1.29 is 4.79 Å². The van der Waals surface area contributed by atoms with Gasteiger partial charge in [-0.2, -0.15) is 0 Å². The maximum Gasteiger partial charge on any atom is 0.263 e. The molecule has 1 aromatic carbocycles. The lowest BCUT2D eigenvalue weighted by Gasteiger charge is -2.15. The number of hydrogen-bond donors (Lipinski definition) is 1. The van der Waals surface area contributed by atoms with Gasteiger partial charge in [0.2, 0.25) is 5.91 Å². The van der Waals surface area contributed by atoms with E-state index in [0.717, 1.165) is 21.7 Å². The van der Waals surface area contributed by atoms with Crippen LogP contribution < -0.4 is 10.9 Å². The van der Waals surface area contributed by atoms with E-state index >= 15 is 0 Å². The molecule has 0 aliphatic carbocycles. The van der Waals surface area contributed by atoms with E-state index in [1.165, 1.54) is 23.1 Å². The number of carbonyl (C=O) groups excluding carboxylic acids is 1. The molecule has 2 aromatic heterocycles. The second-order valence-corrected chi connectivity index (χ2v) is 9.14. The molecule has 0 aliphatic heterocycles. The van der Waals surface area contributed by atoms with Crippen molar-refractivity contribution in [1.82, 2.24) is 9.55 Å². The Labute approximate surface area is 172 Å². The van der Waals surface area contributed by atoms with Gasteiger partial charge in [0, 0.05) is 17.1 Å². The molecule has 146 valence electrons. The Balaban J connectivity index is 1.93. The average molecular weight is 414 g/mol. The molecule has 5 nitrogen and oxygen atoms in total. The fourth-order valence-electron chi connectivity index (χ4n) is 2.85. The van der Waals surface area contributed by atoms with E-state index in [0.29, 0.717) is 21.9 Å². The largest absolute Gasteiger partial charge is 0.325 e. The fraction of sp³-hybridized carbons (Fsp3) is 0.286. The second-order valence-electron chi connectivity index (χ2n) is 6.63. The molecule has 3 aromatic rings. The summed E-state index contributed by atoms with van der Waals surface area (Å²) in [4.78, 5) is 32.2. The van der Waals surface area contributed by atoms with E-state index in [1.807, 2.05) is 52.0 Å². The molecule has 1 amide bonds. The monoisotopic (exact) mass is 413 g/mol. The summed E-state index contributed by atoms with van der Waals surface area (Å²) in [5.74, 6) is -0.127. The van der Waals surface area contributed by atoms with Crippen molar-refractivity contribution in [2.24, 2.45) is 0 Å². The molecule has 0 radical (unpaired) electrons. The molecule has 1 atom stereocenters. The molecule has 0 spiro atoms. The zero-order chi connectivity index (χ0) is 20.4. The zero-order valence-electron chi connectivity index (χ0n) is 16.4. The number of benzene rings is 1. The van der Waals surface area contributed by atoms with E-state index in [1.54, 1.807) is 10.6 Å². The Morgan fingerprint density at radius 1 is 1.36 bits per heavy atom. The number of para-hydroxylation sites is 1. The number of nitrogens with one attached hydrogen (secondary N) is 1. The highest BCUT2D eigenvalue weighted by atomic mass is 32.2. The summed E-state index contributed by atoms with van der Waals surface area (Å²) < 4.78 is 1.59. The Bertz CT molecular complexity index is 1110. The summed E-state index contributed by atoms with van der Waals surface area (Å²) in [7, 11) is 0. The number of amides is 1.